The lowest BCUT2D eigenvalue weighted by Gasteiger charge is -2.44. The Morgan fingerprint density at radius 1 is 1.29 bits per heavy atom. The van der Waals surface area contributed by atoms with Gasteiger partial charge in [0, 0.05) is 48.5 Å². The molecular weight excluding hydrogens is 426 g/mol. The SMILES string of the molecule is C=C1OCc2c1ccc(C1CN(Cc3cnn(-c4cc(C)c(C#N)cn4)n3)CC(C)(C)N1)c2C. The molecule has 1 fully saturated rings. The first kappa shape index (κ1) is 22.3. The second kappa shape index (κ2) is 8.35. The fourth-order valence-corrected chi connectivity index (χ4v) is 5.05. The lowest BCUT2D eigenvalue weighted by molar-refractivity contribution is 0.110. The number of nitrogens with zero attached hydrogens (tertiary/aromatic N) is 6. The van der Waals surface area contributed by atoms with Gasteiger partial charge < -0.3 is 10.1 Å². The van der Waals surface area contributed by atoms with E-state index in [9.17, 15) is 0 Å². The fourth-order valence-electron chi connectivity index (χ4n) is 5.05. The largest absolute Gasteiger partial charge is 0.489 e. The normalized spacial score (nSPS) is 19.5. The Morgan fingerprint density at radius 2 is 2.12 bits per heavy atom. The first-order valence-corrected chi connectivity index (χ1v) is 11.5. The average Bonchev–Trinajstić information content (AvgIpc) is 3.40. The predicted octanol–water partition coefficient (Wildman–Crippen LogP) is 3.58. The van der Waals surface area contributed by atoms with E-state index in [1.165, 1.54) is 21.5 Å². The quantitative estimate of drug-likeness (QED) is 0.643. The summed E-state index contributed by atoms with van der Waals surface area (Å²) in [6.45, 7) is 15.6. The highest BCUT2D eigenvalue weighted by Gasteiger charge is 2.34. The molecule has 34 heavy (non-hydrogen) atoms. The van der Waals surface area contributed by atoms with Crippen LogP contribution in [0.4, 0.5) is 0 Å². The van der Waals surface area contributed by atoms with Crippen molar-refractivity contribution < 1.29 is 4.74 Å². The Bertz CT molecular complexity index is 1320. The molecular formula is C26H29N7O. The highest BCUT2D eigenvalue weighted by Crippen LogP contribution is 2.36. The maximum absolute atomic E-state index is 9.14. The molecule has 8 heteroatoms. The Labute approximate surface area is 199 Å². The molecule has 2 aliphatic rings. The number of nitrogens with one attached hydrogen (secondary N) is 1. The number of hydrogen-bond donors (Lipinski definition) is 1. The van der Waals surface area contributed by atoms with Gasteiger partial charge in [-0.25, -0.2) is 4.98 Å². The Hall–Kier alpha value is -3.54. The molecule has 1 unspecified atom stereocenters. The van der Waals surface area contributed by atoms with Gasteiger partial charge in [-0.1, -0.05) is 18.7 Å². The van der Waals surface area contributed by atoms with Gasteiger partial charge in [-0.2, -0.15) is 15.5 Å². The van der Waals surface area contributed by atoms with Crippen molar-refractivity contribution in [3.8, 4) is 11.9 Å². The van der Waals surface area contributed by atoms with E-state index >= 15 is 0 Å². The van der Waals surface area contributed by atoms with Crippen molar-refractivity contribution in [3.05, 3.63) is 76.2 Å². The number of ether oxygens (including phenoxy) is 1. The third-order valence-electron chi connectivity index (χ3n) is 6.68. The molecule has 5 rings (SSSR count). The summed E-state index contributed by atoms with van der Waals surface area (Å²) in [6, 6.07) is 8.52. The van der Waals surface area contributed by atoms with Crippen molar-refractivity contribution in [2.75, 3.05) is 13.1 Å². The minimum absolute atomic E-state index is 0.0593. The van der Waals surface area contributed by atoms with Gasteiger partial charge in [0.25, 0.3) is 0 Å². The van der Waals surface area contributed by atoms with Gasteiger partial charge >= 0.3 is 0 Å². The van der Waals surface area contributed by atoms with E-state index in [1.807, 2.05) is 13.0 Å². The van der Waals surface area contributed by atoms with Crippen LogP contribution < -0.4 is 5.32 Å². The Kier molecular flexibility index (Phi) is 5.47. The molecule has 1 aromatic carbocycles. The maximum atomic E-state index is 9.14. The summed E-state index contributed by atoms with van der Waals surface area (Å²) in [5.41, 5.74) is 7.19. The van der Waals surface area contributed by atoms with Gasteiger partial charge in [0.2, 0.25) is 0 Å². The maximum Gasteiger partial charge on any atom is 0.174 e. The van der Waals surface area contributed by atoms with Crippen LogP contribution in [0.3, 0.4) is 0 Å². The van der Waals surface area contributed by atoms with E-state index in [4.69, 9.17) is 10.00 Å². The van der Waals surface area contributed by atoms with Crippen LogP contribution in [-0.4, -0.2) is 43.5 Å². The molecule has 1 atom stereocenters. The van der Waals surface area contributed by atoms with Crippen molar-refractivity contribution in [1.82, 2.24) is 30.2 Å². The molecule has 3 aromatic rings. The van der Waals surface area contributed by atoms with Gasteiger partial charge in [-0.3, -0.25) is 4.90 Å². The van der Waals surface area contributed by atoms with Crippen molar-refractivity contribution in [3.63, 3.8) is 0 Å². The van der Waals surface area contributed by atoms with Crippen LogP contribution in [0.2, 0.25) is 0 Å². The fraction of sp³-hybridized carbons (Fsp3) is 0.385. The van der Waals surface area contributed by atoms with Gasteiger partial charge in [0.1, 0.15) is 18.4 Å². The van der Waals surface area contributed by atoms with Gasteiger partial charge in [0.15, 0.2) is 5.82 Å². The molecule has 2 aliphatic heterocycles. The number of fused-ring (bicyclic) bond motifs is 1. The Morgan fingerprint density at radius 3 is 2.88 bits per heavy atom. The van der Waals surface area contributed by atoms with Crippen molar-refractivity contribution in [2.24, 2.45) is 0 Å². The highest BCUT2D eigenvalue weighted by atomic mass is 16.5. The Balaban J connectivity index is 1.36. The molecule has 174 valence electrons. The summed E-state index contributed by atoms with van der Waals surface area (Å²) in [7, 11) is 0. The number of nitriles is 1. The third-order valence-corrected chi connectivity index (χ3v) is 6.68. The number of hydrogen-bond acceptors (Lipinski definition) is 7. The summed E-state index contributed by atoms with van der Waals surface area (Å²) < 4.78 is 5.68. The van der Waals surface area contributed by atoms with Crippen molar-refractivity contribution in [2.45, 2.75) is 52.4 Å². The minimum atomic E-state index is -0.0593. The van der Waals surface area contributed by atoms with E-state index in [1.54, 1.807) is 12.4 Å². The molecule has 1 saturated heterocycles. The molecule has 0 saturated carbocycles. The van der Waals surface area contributed by atoms with Crippen LogP contribution in [-0.2, 0) is 17.9 Å². The topological polar surface area (TPSA) is 91.9 Å². The first-order valence-electron chi connectivity index (χ1n) is 11.5. The van der Waals surface area contributed by atoms with Gasteiger partial charge in [-0.05, 0) is 50.5 Å². The van der Waals surface area contributed by atoms with Gasteiger partial charge in [0.05, 0.1) is 17.5 Å². The summed E-state index contributed by atoms with van der Waals surface area (Å²) >= 11 is 0. The average molecular weight is 456 g/mol. The predicted molar refractivity (Wildman–Crippen MR) is 129 cm³/mol. The second-order valence-electron chi connectivity index (χ2n) is 9.86. The molecule has 0 spiro atoms. The summed E-state index contributed by atoms with van der Waals surface area (Å²) in [5.74, 6) is 1.37. The second-order valence-corrected chi connectivity index (χ2v) is 9.86. The zero-order valence-electron chi connectivity index (χ0n) is 20.1. The molecule has 2 aromatic heterocycles. The lowest BCUT2D eigenvalue weighted by atomic mass is 9.89. The van der Waals surface area contributed by atoms with Crippen LogP contribution in [0, 0.1) is 25.2 Å². The summed E-state index contributed by atoms with van der Waals surface area (Å²) in [5, 5.41) is 22.1. The minimum Gasteiger partial charge on any atom is -0.489 e. The summed E-state index contributed by atoms with van der Waals surface area (Å²) in [6.07, 6.45) is 3.36. The number of pyridine rings is 1. The number of aryl methyl sites for hydroxylation is 1. The van der Waals surface area contributed by atoms with Crippen LogP contribution >= 0.6 is 0 Å². The van der Waals surface area contributed by atoms with E-state index in [0.29, 0.717) is 24.5 Å². The first-order chi connectivity index (χ1) is 16.2. The number of piperazine rings is 1. The van der Waals surface area contributed by atoms with Crippen LogP contribution in [0.1, 0.15) is 59.0 Å². The third kappa shape index (κ3) is 4.09. The van der Waals surface area contributed by atoms with Crippen LogP contribution in [0.25, 0.3) is 11.6 Å². The monoisotopic (exact) mass is 455 g/mol. The lowest BCUT2D eigenvalue weighted by Crippen LogP contribution is -2.58. The number of aromatic nitrogens is 4. The van der Waals surface area contributed by atoms with E-state index in [0.717, 1.165) is 35.7 Å². The van der Waals surface area contributed by atoms with E-state index in [-0.39, 0.29) is 11.6 Å². The standard InChI is InChI=1S/C26H29N7O/c1-16-8-25(28-10-19(16)9-27)33-29-11-20(31-33)12-32-13-24(30-26(4,5)15-32)21-6-7-22-18(3)34-14-23(22)17(21)2/h6-8,10-11,24,30H,3,12-15H2,1-2,4-5H3. The van der Waals surface area contributed by atoms with E-state index < -0.39 is 0 Å². The molecule has 0 radical (unpaired) electrons. The van der Waals surface area contributed by atoms with Crippen LogP contribution in [0.15, 0.2) is 37.2 Å². The zero-order valence-corrected chi connectivity index (χ0v) is 20.1. The molecule has 0 bridgehead atoms. The van der Waals surface area contributed by atoms with Crippen molar-refractivity contribution >= 4 is 5.76 Å². The van der Waals surface area contributed by atoms with E-state index in [2.05, 4.69) is 71.0 Å². The molecule has 4 heterocycles. The molecule has 1 N–H and O–H groups in total. The van der Waals surface area contributed by atoms with Crippen molar-refractivity contribution in [1.29, 1.82) is 5.26 Å². The zero-order chi connectivity index (χ0) is 24.0. The molecule has 0 aliphatic carbocycles. The van der Waals surface area contributed by atoms with Crippen LogP contribution in [0.5, 0.6) is 0 Å². The van der Waals surface area contributed by atoms with Gasteiger partial charge in [-0.15, -0.1) is 4.80 Å². The number of benzene rings is 1. The molecule has 8 nitrogen and oxygen atoms in total. The summed E-state index contributed by atoms with van der Waals surface area (Å²) in [4.78, 5) is 8.29. The molecule has 0 amide bonds. The number of rotatable bonds is 4. The smallest absolute Gasteiger partial charge is 0.174 e. The highest BCUT2D eigenvalue weighted by molar-refractivity contribution is 5.66.